The molecule has 1 aliphatic rings. The van der Waals surface area contributed by atoms with Crippen LogP contribution in [0.3, 0.4) is 0 Å². The molecule has 1 heterocycles. The standard InChI is InChI=1S/C13H17N3O/c1-2-13(5-6-13)8-15-12-16-10-7-9(14)3-4-11(10)17-12/h3-4,7H,2,5-6,8,14H2,1H3,(H,15,16). The van der Waals surface area contributed by atoms with Crippen molar-refractivity contribution in [3.05, 3.63) is 18.2 Å². The number of rotatable bonds is 4. The summed E-state index contributed by atoms with van der Waals surface area (Å²) in [6, 6.07) is 6.11. The van der Waals surface area contributed by atoms with E-state index in [1.54, 1.807) is 0 Å². The molecular formula is C13H17N3O. The molecule has 0 bridgehead atoms. The Balaban J connectivity index is 1.77. The zero-order valence-electron chi connectivity index (χ0n) is 9.99. The molecule has 0 aliphatic heterocycles. The predicted molar refractivity (Wildman–Crippen MR) is 68.9 cm³/mol. The van der Waals surface area contributed by atoms with E-state index in [0.717, 1.165) is 17.6 Å². The fraction of sp³-hybridized carbons (Fsp3) is 0.462. The number of aromatic nitrogens is 1. The van der Waals surface area contributed by atoms with E-state index >= 15 is 0 Å². The monoisotopic (exact) mass is 231 g/mol. The Morgan fingerprint density at radius 3 is 3.00 bits per heavy atom. The third-order valence-electron chi connectivity index (χ3n) is 3.73. The van der Waals surface area contributed by atoms with Crippen LogP contribution in [0.1, 0.15) is 26.2 Å². The maximum absolute atomic E-state index is 5.71. The van der Waals surface area contributed by atoms with Crippen molar-refractivity contribution in [3.8, 4) is 0 Å². The molecule has 1 aromatic carbocycles. The largest absolute Gasteiger partial charge is 0.424 e. The SMILES string of the molecule is CCC1(CNc2nc3cc(N)ccc3o2)CC1. The zero-order valence-corrected chi connectivity index (χ0v) is 9.99. The number of nitrogens with one attached hydrogen (secondary N) is 1. The molecule has 2 aromatic rings. The van der Waals surface area contributed by atoms with Gasteiger partial charge in [-0.1, -0.05) is 6.92 Å². The van der Waals surface area contributed by atoms with Gasteiger partial charge in [0.2, 0.25) is 0 Å². The van der Waals surface area contributed by atoms with Crippen LogP contribution < -0.4 is 11.1 Å². The number of nitrogens with zero attached hydrogens (tertiary/aromatic N) is 1. The van der Waals surface area contributed by atoms with Crippen molar-refractivity contribution < 1.29 is 4.42 Å². The third kappa shape index (κ3) is 1.95. The lowest BCUT2D eigenvalue weighted by Crippen LogP contribution is -2.14. The highest BCUT2D eigenvalue weighted by Gasteiger charge is 2.40. The molecule has 17 heavy (non-hydrogen) atoms. The zero-order chi connectivity index (χ0) is 11.9. The molecule has 1 aliphatic carbocycles. The van der Waals surface area contributed by atoms with Gasteiger partial charge < -0.3 is 15.5 Å². The molecule has 0 unspecified atom stereocenters. The average Bonchev–Trinajstić information content (AvgIpc) is 3.00. The van der Waals surface area contributed by atoms with Gasteiger partial charge in [0.25, 0.3) is 6.01 Å². The number of nitrogens with two attached hydrogens (primary N) is 1. The molecule has 0 saturated heterocycles. The van der Waals surface area contributed by atoms with Crippen LogP contribution in [-0.4, -0.2) is 11.5 Å². The molecule has 4 nitrogen and oxygen atoms in total. The number of hydrogen-bond donors (Lipinski definition) is 2. The fourth-order valence-electron chi connectivity index (χ4n) is 2.12. The first-order valence-electron chi connectivity index (χ1n) is 6.11. The molecule has 0 amide bonds. The minimum atomic E-state index is 0.486. The normalized spacial score (nSPS) is 17.2. The van der Waals surface area contributed by atoms with Crippen LogP contribution >= 0.6 is 0 Å². The summed E-state index contributed by atoms with van der Waals surface area (Å²) < 4.78 is 5.61. The second kappa shape index (κ2) is 3.65. The lowest BCUT2D eigenvalue weighted by Gasteiger charge is -2.11. The summed E-state index contributed by atoms with van der Waals surface area (Å²) in [7, 11) is 0. The highest BCUT2D eigenvalue weighted by atomic mass is 16.4. The van der Waals surface area contributed by atoms with Crippen molar-refractivity contribution in [1.29, 1.82) is 0 Å². The molecule has 3 N–H and O–H groups in total. The van der Waals surface area contributed by atoms with Gasteiger partial charge in [0.15, 0.2) is 5.58 Å². The van der Waals surface area contributed by atoms with E-state index in [1.165, 1.54) is 19.3 Å². The predicted octanol–water partition coefficient (Wildman–Crippen LogP) is 3.01. The molecule has 1 saturated carbocycles. The minimum absolute atomic E-state index is 0.486. The van der Waals surface area contributed by atoms with Crippen molar-refractivity contribution in [1.82, 2.24) is 4.98 Å². The molecule has 90 valence electrons. The quantitative estimate of drug-likeness (QED) is 0.794. The fourth-order valence-corrected chi connectivity index (χ4v) is 2.12. The first-order chi connectivity index (χ1) is 8.21. The Kier molecular flexibility index (Phi) is 2.24. The average molecular weight is 231 g/mol. The highest BCUT2D eigenvalue weighted by Crippen LogP contribution is 2.48. The molecule has 0 radical (unpaired) electrons. The van der Waals surface area contributed by atoms with Crippen molar-refractivity contribution >= 4 is 22.8 Å². The van der Waals surface area contributed by atoms with E-state index in [9.17, 15) is 0 Å². The van der Waals surface area contributed by atoms with E-state index in [2.05, 4.69) is 17.2 Å². The van der Waals surface area contributed by atoms with Crippen molar-refractivity contribution in [3.63, 3.8) is 0 Å². The van der Waals surface area contributed by atoms with Gasteiger partial charge >= 0.3 is 0 Å². The van der Waals surface area contributed by atoms with Crippen molar-refractivity contribution in [2.45, 2.75) is 26.2 Å². The van der Waals surface area contributed by atoms with Crippen LogP contribution in [-0.2, 0) is 0 Å². The molecule has 1 aromatic heterocycles. The number of hydrogen-bond acceptors (Lipinski definition) is 4. The van der Waals surface area contributed by atoms with Crippen LogP contribution in [0.4, 0.5) is 11.7 Å². The van der Waals surface area contributed by atoms with Crippen LogP contribution in [0.5, 0.6) is 0 Å². The summed E-state index contributed by atoms with van der Waals surface area (Å²) in [6.45, 7) is 3.19. The number of nitrogen functional groups attached to an aromatic ring is 1. The third-order valence-corrected chi connectivity index (χ3v) is 3.73. The minimum Gasteiger partial charge on any atom is -0.424 e. The highest BCUT2D eigenvalue weighted by molar-refractivity contribution is 5.78. The summed E-state index contributed by atoms with van der Waals surface area (Å²) in [5.74, 6) is 0. The van der Waals surface area contributed by atoms with Crippen molar-refractivity contribution in [2.75, 3.05) is 17.6 Å². The van der Waals surface area contributed by atoms with Crippen LogP contribution in [0, 0.1) is 5.41 Å². The second-order valence-electron chi connectivity index (χ2n) is 4.95. The van der Waals surface area contributed by atoms with Crippen molar-refractivity contribution in [2.24, 2.45) is 5.41 Å². The van der Waals surface area contributed by atoms with Gasteiger partial charge in [0.1, 0.15) is 5.52 Å². The van der Waals surface area contributed by atoms with Gasteiger partial charge in [-0.15, -0.1) is 0 Å². The van der Waals surface area contributed by atoms with Crippen LogP contribution in [0.25, 0.3) is 11.1 Å². The Bertz CT molecular complexity index is 543. The van der Waals surface area contributed by atoms with Crippen LogP contribution in [0.15, 0.2) is 22.6 Å². The maximum Gasteiger partial charge on any atom is 0.295 e. The maximum atomic E-state index is 5.71. The Morgan fingerprint density at radius 1 is 1.47 bits per heavy atom. The molecule has 0 atom stereocenters. The van der Waals surface area contributed by atoms with E-state index in [4.69, 9.17) is 10.2 Å². The van der Waals surface area contributed by atoms with Gasteiger partial charge in [-0.25, -0.2) is 0 Å². The van der Waals surface area contributed by atoms with Gasteiger partial charge in [0, 0.05) is 12.2 Å². The molecule has 1 fully saturated rings. The van der Waals surface area contributed by atoms with E-state index < -0.39 is 0 Å². The molecule has 0 spiro atoms. The summed E-state index contributed by atoms with van der Waals surface area (Å²) in [6.07, 6.45) is 3.83. The molecule has 4 heteroatoms. The van der Waals surface area contributed by atoms with Gasteiger partial charge in [-0.05, 0) is 42.9 Å². The van der Waals surface area contributed by atoms with E-state index in [0.29, 0.717) is 17.1 Å². The smallest absolute Gasteiger partial charge is 0.295 e. The Morgan fingerprint density at radius 2 is 2.29 bits per heavy atom. The first kappa shape index (κ1) is 10.4. The number of anilines is 2. The van der Waals surface area contributed by atoms with E-state index in [-0.39, 0.29) is 0 Å². The molecular weight excluding hydrogens is 214 g/mol. The number of oxazole rings is 1. The summed E-state index contributed by atoms with van der Waals surface area (Å²) >= 11 is 0. The summed E-state index contributed by atoms with van der Waals surface area (Å²) in [4.78, 5) is 4.38. The second-order valence-corrected chi connectivity index (χ2v) is 4.95. The lowest BCUT2D eigenvalue weighted by molar-refractivity contribution is 0.507. The van der Waals surface area contributed by atoms with E-state index in [1.807, 2.05) is 18.2 Å². The topological polar surface area (TPSA) is 64.1 Å². The first-order valence-corrected chi connectivity index (χ1v) is 6.11. The Hall–Kier alpha value is -1.71. The van der Waals surface area contributed by atoms with Gasteiger partial charge in [-0.3, -0.25) is 0 Å². The number of fused-ring (bicyclic) bond motifs is 1. The van der Waals surface area contributed by atoms with Gasteiger partial charge in [-0.2, -0.15) is 4.98 Å². The van der Waals surface area contributed by atoms with Crippen LogP contribution in [0.2, 0.25) is 0 Å². The summed E-state index contributed by atoms with van der Waals surface area (Å²) in [5.41, 5.74) is 8.50. The Labute approximate surface area is 100 Å². The summed E-state index contributed by atoms with van der Waals surface area (Å²) in [5, 5.41) is 3.29. The lowest BCUT2D eigenvalue weighted by atomic mass is 10.0. The number of benzene rings is 1. The molecule has 3 rings (SSSR count). The van der Waals surface area contributed by atoms with Gasteiger partial charge in [0.05, 0.1) is 0 Å².